The Morgan fingerprint density at radius 3 is 2.41 bits per heavy atom. The van der Waals surface area contributed by atoms with Crippen molar-refractivity contribution < 1.29 is 9.59 Å². The van der Waals surface area contributed by atoms with Gasteiger partial charge in [-0.1, -0.05) is 37.3 Å². The van der Waals surface area contributed by atoms with Crippen molar-refractivity contribution in [1.29, 1.82) is 0 Å². The Kier molecular flexibility index (Phi) is 6.22. The number of rotatable bonds is 4. The fraction of sp³-hybridized carbons (Fsp3) is 0.652. The number of amides is 3. The van der Waals surface area contributed by atoms with E-state index in [0.717, 1.165) is 19.3 Å². The van der Waals surface area contributed by atoms with Crippen LogP contribution >= 0.6 is 0 Å². The first-order valence-corrected chi connectivity index (χ1v) is 10.9. The van der Waals surface area contributed by atoms with E-state index in [2.05, 4.69) is 41.5 Å². The number of urea groups is 1. The molecule has 1 aromatic rings. The van der Waals surface area contributed by atoms with Crippen LogP contribution in [0.2, 0.25) is 0 Å². The molecule has 1 spiro atoms. The van der Waals surface area contributed by atoms with E-state index in [1.165, 1.54) is 5.56 Å². The molecule has 0 bridgehead atoms. The number of hydrogen-bond donors (Lipinski definition) is 2. The highest BCUT2D eigenvalue weighted by Gasteiger charge is 2.53. The summed E-state index contributed by atoms with van der Waals surface area (Å²) in [5.74, 6) is 0.191. The van der Waals surface area contributed by atoms with E-state index in [1.807, 2.05) is 43.9 Å². The quantitative estimate of drug-likeness (QED) is 0.816. The fourth-order valence-electron chi connectivity index (χ4n) is 4.51. The lowest BCUT2D eigenvalue weighted by atomic mass is 9.94. The van der Waals surface area contributed by atoms with Gasteiger partial charge in [-0.15, -0.1) is 0 Å². The van der Waals surface area contributed by atoms with Gasteiger partial charge in [0.25, 0.3) is 0 Å². The van der Waals surface area contributed by atoms with E-state index in [-0.39, 0.29) is 35.2 Å². The van der Waals surface area contributed by atoms with Crippen molar-refractivity contribution in [3.63, 3.8) is 0 Å². The van der Waals surface area contributed by atoms with E-state index in [0.29, 0.717) is 19.5 Å². The maximum absolute atomic E-state index is 13.4. The Hall–Kier alpha value is -2.08. The number of carbonyl (C=O) groups is 2. The molecule has 0 aliphatic carbocycles. The minimum absolute atomic E-state index is 0.0207. The van der Waals surface area contributed by atoms with Gasteiger partial charge in [0.15, 0.2) is 0 Å². The number of likely N-dealkylation sites (tertiary alicyclic amines) is 1. The molecule has 1 aromatic carbocycles. The molecule has 2 N–H and O–H groups in total. The van der Waals surface area contributed by atoms with Crippen LogP contribution in [0.1, 0.15) is 59.4 Å². The second kappa shape index (κ2) is 8.34. The number of nitrogens with zero attached hydrogens (tertiary/aromatic N) is 2. The third-order valence-corrected chi connectivity index (χ3v) is 6.11. The van der Waals surface area contributed by atoms with Crippen LogP contribution in [0.5, 0.6) is 0 Å². The third kappa shape index (κ3) is 4.74. The van der Waals surface area contributed by atoms with Crippen molar-refractivity contribution >= 4 is 11.9 Å². The molecule has 0 saturated carbocycles. The average molecular weight is 401 g/mol. The molecule has 2 heterocycles. The van der Waals surface area contributed by atoms with Crippen LogP contribution in [0.25, 0.3) is 0 Å². The van der Waals surface area contributed by atoms with Gasteiger partial charge in [0.1, 0.15) is 0 Å². The van der Waals surface area contributed by atoms with Crippen LogP contribution in [0.4, 0.5) is 4.79 Å². The summed E-state index contributed by atoms with van der Waals surface area (Å²) in [6, 6.07) is 10.1. The Balaban J connectivity index is 1.74. The zero-order valence-electron chi connectivity index (χ0n) is 18.5. The molecule has 0 radical (unpaired) electrons. The number of hydrogen-bond acceptors (Lipinski definition) is 3. The minimum atomic E-state index is -0.357. The SMILES string of the molecule is CCC(C)N1C(=O)C(Cc2ccccc2)NC12CCN(C(=O)NC(C)(C)C)CC2. The zero-order valence-corrected chi connectivity index (χ0v) is 18.5. The number of carbonyl (C=O) groups excluding carboxylic acids is 2. The lowest BCUT2D eigenvalue weighted by molar-refractivity contribution is -0.136. The molecule has 2 aliphatic heterocycles. The first kappa shape index (κ1) is 21.6. The summed E-state index contributed by atoms with van der Waals surface area (Å²) in [5, 5.41) is 6.74. The van der Waals surface area contributed by atoms with Gasteiger partial charge in [-0.25, -0.2) is 4.79 Å². The monoisotopic (exact) mass is 400 g/mol. The van der Waals surface area contributed by atoms with Gasteiger partial charge in [0.2, 0.25) is 5.91 Å². The smallest absolute Gasteiger partial charge is 0.317 e. The Morgan fingerprint density at radius 1 is 1.24 bits per heavy atom. The van der Waals surface area contributed by atoms with E-state index in [4.69, 9.17) is 0 Å². The lowest BCUT2D eigenvalue weighted by Crippen LogP contribution is -2.62. The van der Waals surface area contributed by atoms with Crippen molar-refractivity contribution in [2.24, 2.45) is 0 Å². The molecule has 2 saturated heterocycles. The lowest BCUT2D eigenvalue weighted by Gasteiger charge is -2.47. The van der Waals surface area contributed by atoms with Gasteiger partial charge in [-0.3, -0.25) is 10.1 Å². The molecule has 2 aliphatic rings. The summed E-state index contributed by atoms with van der Waals surface area (Å²) >= 11 is 0. The van der Waals surface area contributed by atoms with E-state index >= 15 is 0 Å². The maximum Gasteiger partial charge on any atom is 0.317 e. The summed E-state index contributed by atoms with van der Waals surface area (Å²) in [4.78, 5) is 29.9. The maximum atomic E-state index is 13.4. The molecule has 2 unspecified atom stereocenters. The highest BCUT2D eigenvalue weighted by atomic mass is 16.2. The van der Waals surface area contributed by atoms with Gasteiger partial charge < -0.3 is 15.1 Å². The number of piperidine rings is 1. The summed E-state index contributed by atoms with van der Waals surface area (Å²) < 4.78 is 0. The van der Waals surface area contributed by atoms with Crippen molar-refractivity contribution in [1.82, 2.24) is 20.4 Å². The summed E-state index contributed by atoms with van der Waals surface area (Å²) in [7, 11) is 0. The largest absolute Gasteiger partial charge is 0.333 e. The third-order valence-electron chi connectivity index (χ3n) is 6.11. The van der Waals surface area contributed by atoms with Gasteiger partial charge in [-0.05, 0) is 46.1 Å². The molecule has 3 amide bonds. The summed E-state index contributed by atoms with van der Waals surface area (Å²) in [6.45, 7) is 11.5. The summed E-state index contributed by atoms with van der Waals surface area (Å²) in [6.07, 6.45) is 3.13. The van der Waals surface area contributed by atoms with Gasteiger partial charge in [0, 0.05) is 37.5 Å². The first-order chi connectivity index (χ1) is 13.6. The molecule has 0 aromatic heterocycles. The van der Waals surface area contributed by atoms with Crippen molar-refractivity contribution in [3.05, 3.63) is 35.9 Å². The summed E-state index contributed by atoms with van der Waals surface area (Å²) in [5.41, 5.74) is 0.559. The highest BCUT2D eigenvalue weighted by Crippen LogP contribution is 2.35. The Bertz CT molecular complexity index is 720. The van der Waals surface area contributed by atoms with Gasteiger partial charge in [0.05, 0.1) is 11.7 Å². The van der Waals surface area contributed by atoms with E-state index in [1.54, 1.807) is 0 Å². The second-order valence-electron chi connectivity index (χ2n) is 9.55. The second-order valence-corrected chi connectivity index (χ2v) is 9.55. The molecular weight excluding hydrogens is 364 g/mol. The van der Waals surface area contributed by atoms with E-state index < -0.39 is 0 Å². The molecule has 6 heteroatoms. The number of benzene rings is 1. The molecular formula is C23H36N4O2. The van der Waals surface area contributed by atoms with Crippen LogP contribution in [0.3, 0.4) is 0 Å². The standard InChI is InChI=1S/C23H36N4O2/c1-6-17(2)27-20(28)19(16-18-10-8-7-9-11-18)24-23(27)12-14-26(15-13-23)21(29)25-22(3,4)5/h7-11,17,19,24H,6,12-16H2,1-5H3,(H,25,29). The molecule has 2 fully saturated rings. The Labute approximate surface area is 175 Å². The molecule has 2 atom stereocenters. The van der Waals surface area contributed by atoms with Gasteiger partial charge >= 0.3 is 6.03 Å². The molecule has 3 rings (SSSR count). The van der Waals surface area contributed by atoms with Crippen LogP contribution < -0.4 is 10.6 Å². The molecule has 6 nitrogen and oxygen atoms in total. The normalized spacial score (nSPS) is 22.8. The number of nitrogens with one attached hydrogen (secondary N) is 2. The van der Waals surface area contributed by atoms with Crippen molar-refractivity contribution in [3.8, 4) is 0 Å². The zero-order chi connectivity index (χ0) is 21.2. The predicted octanol–water partition coefficient (Wildman–Crippen LogP) is 3.13. The average Bonchev–Trinajstić information content (AvgIpc) is 2.92. The molecule has 29 heavy (non-hydrogen) atoms. The highest BCUT2D eigenvalue weighted by molar-refractivity contribution is 5.86. The van der Waals surface area contributed by atoms with Gasteiger partial charge in [-0.2, -0.15) is 0 Å². The van der Waals surface area contributed by atoms with E-state index in [9.17, 15) is 9.59 Å². The molecule has 160 valence electrons. The minimum Gasteiger partial charge on any atom is -0.333 e. The van der Waals surface area contributed by atoms with Crippen LogP contribution in [0, 0.1) is 0 Å². The van der Waals surface area contributed by atoms with Crippen LogP contribution in [-0.2, 0) is 11.2 Å². The van der Waals surface area contributed by atoms with Crippen molar-refractivity contribution in [2.75, 3.05) is 13.1 Å². The van der Waals surface area contributed by atoms with Crippen LogP contribution in [-0.4, -0.2) is 58.1 Å². The Morgan fingerprint density at radius 2 is 1.86 bits per heavy atom. The fourth-order valence-corrected chi connectivity index (χ4v) is 4.51. The first-order valence-electron chi connectivity index (χ1n) is 10.9. The van der Waals surface area contributed by atoms with Crippen molar-refractivity contribution in [2.45, 2.75) is 83.6 Å². The predicted molar refractivity (Wildman–Crippen MR) is 115 cm³/mol. The van der Waals surface area contributed by atoms with Crippen LogP contribution in [0.15, 0.2) is 30.3 Å². The topological polar surface area (TPSA) is 64.7 Å².